The average molecular weight is 418 g/mol. The lowest BCUT2D eigenvalue weighted by Crippen LogP contribution is -2.19. The molecule has 0 unspecified atom stereocenters. The summed E-state index contributed by atoms with van der Waals surface area (Å²) in [5.41, 5.74) is 4.11. The normalized spacial score (nSPS) is 10.9. The van der Waals surface area contributed by atoms with E-state index in [1.165, 1.54) is 0 Å². The van der Waals surface area contributed by atoms with Crippen LogP contribution in [0.2, 0.25) is 0 Å². The maximum Gasteiger partial charge on any atom is 0.277 e. The van der Waals surface area contributed by atoms with Crippen molar-refractivity contribution in [1.82, 2.24) is 20.6 Å². The van der Waals surface area contributed by atoms with Crippen molar-refractivity contribution >= 4 is 39.8 Å². The van der Waals surface area contributed by atoms with Crippen LogP contribution in [0.4, 0.5) is 0 Å². The van der Waals surface area contributed by atoms with Crippen LogP contribution in [0.1, 0.15) is 5.56 Å². The second-order valence-electron chi connectivity index (χ2n) is 4.74. The number of halogens is 1. The molecule has 7 nitrogen and oxygen atoms in total. The third kappa shape index (κ3) is 5.23. The summed E-state index contributed by atoms with van der Waals surface area (Å²) in [4.78, 5) is 15.7. The van der Waals surface area contributed by atoms with Crippen LogP contribution in [0, 0.1) is 0 Å². The lowest BCUT2D eigenvalue weighted by Gasteiger charge is -1.97. The van der Waals surface area contributed by atoms with Crippen molar-refractivity contribution in [3.8, 4) is 11.5 Å². The van der Waals surface area contributed by atoms with Gasteiger partial charge >= 0.3 is 0 Å². The van der Waals surface area contributed by atoms with Gasteiger partial charge in [-0.1, -0.05) is 39.8 Å². The Balaban J connectivity index is 1.48. The molecule has 0 aliphatic heterocycles. The molecular weight excluding hydrogens is 406 g/mol. The molecule has 1 amide bonds. The maximum absolute atomic E-state index is 11.8. The summed E-state index contributed by atoms with van der Waals surface area (Å²) >= 11 is 4.50. The minimum absolute atomic E-state index is 0.121. The standard InChI is InChI=1S/C16H12BrN5O2S/c17-13-3-1-11(2-4-13)9-19-20-14(23)10-25-16-22-21-15(24-16)12-5-7-18-8-6-12/h1-9H,10H2,(H,20,23)/b19-9+. The molecule has 0 bridgehead atoms. The van der Waals surface area contributed by atoms with Crippen LogP contribution >= 0.6 is 27.7 Å². The molecule has 0 aliphatic carbocycles. The van der Waals surface area contributed by atoms with E-state index in [1.807, 2.05) is 24.3 Å². The van der Waals surface area contributed by atoms with E-state index in [4.69, 9.17) is 4.42 Å². The van der Waals surface area contributed by atoms with Gasteiger partial charge in [-0.2, -0.15) is 5.10 Å². The molecule has 0 radical (unpaired) electrons. The molecular formula is C16H12BrN5O2S. The van der Waals surface area contributed by atoms with E-state index in [1.54, 1.807) is 30.7 Å². The second-order valence-corrected chi connectivity index (χ2v) is 6.58. The molecule has 0 saturated carbocycles. The van der Waals surface area contributed by atoms with Gasteiger partial charge < -0.3 is 4.42 Å². The van der Waals surface area contributed by atoms with Crippen molar-refractivity contribution < 1.29 is 9.21 Å². The average Bonchev–Trinajstić information content (AvgIpc) is 3.11. The molecule has 25 heavy (non-hydrogen) atoms. The predicted octanol–water partition coefficient (Wildman–Crippen LogP) is 3.14. The first kappa shape index (κ1) is 17.3. The number of hydrogen-bond donors (Lipinski definition) is 1. The summed E-state index contributed by atoms with van der Waals surface area (Å²) in [5.74, 6) is 0.246. The molecule has 3 aromatic rings. The highest BCUT2D eigenvalue weighted by atomic mass is 79.9. The van der Waals surface area contributed by atoms with Gasteiger partial charge in [0, 0.05) is 22.4 Å². The number of nitrogens with one attached hydrogen (secondary N) is 1. The minimum Gasteiger partial charge on any atom is -0.411 e. The zero-order chi connectivity index (χ0) is 17.5. The Morgan fingerprint density at radius 2 is 1.96 bits per heavy atom. The van der Waals surface area contributed by atoms with Crippen molar-refractivity contribution in [1.29, 1.82) is 0 Å². The number of carbonyl (C=O) groups is 1. The van der Waals surface area contributed by atoms with Crippen LogP contribution in [0.15, 0.2) is 68.0 Å². The molecule has 126 valence electrons. The molecule has 0 atom stereocenters. The van der Waals surface area contributed by atoms with Crippen molar-refractivity contribution in [2.45, 2.75) is 5.22 Å². The van der Waals surface area contributed by atoms with Crippen LogP contribution in [-0.4, -0.2) is 33.1 Å². The third-order valence-electron chi connectivity index (χ3n) is 2.93. The molecule has 2 heterocycles. The number of hydrazone groups is 1. The fourth-order valence-electron chi connectivity index (χ4n) is 1.77. The first-order valence-electron chi connectivity index (χ1n) is 7.15. The lowest BCUT2D eigenvalue weighted by molar-refractivity contribution is -0.118. The van der Waals surface area contributed by atoms with Gasteiger partial charge in [0.2, 0.25) is 5.89 Å². The number of pyridine rings is 1. The predicted molar refractivity (Wildman–Crippen MR) is 98.1 cm³/mol. The SMILES string of the molecule is O=C(CSc1nnc(-c2ccncc2)o1)N/N=C/c1ccc(Br)cc1. The molecule has 2 aromatic heterocycles. The molecule has 0 spiro atoms. The Morgan fingerprint density at radius 3 is 2.72 bits per heavy atom. The molecule has 1 N–H and O–H groups in total. The maximum atomic E-state index is 11.8. The monoisotopic (exact) mass is 417 g/mol. The van der Waals surface area contributed by atoms with Crippen LogP contribution in [0.3, 0.4) is 0 Å². The Morgan fingerprint density at radius 1 is 1.20 bits per heavy atom. The minimum atomic E-state index is -0.262. The summed E-state index contributed by atoms with van der Waals surface area (Å²) in [6, 6.07) is 11.1. The summed E-state index contributed by atoms with van der Waals surface area (Å²) in [6.45, 7) is 0. The zero-order valence-electron chi connectivity index (χ0n) is 12.8. The van der Waals surface area contributed by atoms with Crippen molar-refractivity contribution in [2.24, 2.45) is 5.10 Å². The summed E-state index contributed by atoms with van der Waals surface area (Å²) in [7, 11) is 0. The number of aromatic nitrogens is 3. The summed E-state index contributed by atoms with van der Waals surface area (Å²) in [5, 5.41) is 12.1. The van der Waals surface area contributed by atoms with E-state index in [2.05, 4.69) is 41.6 Å². The van der Waals surface area contributed by atoms with E-state index < -0.39 is 0 Å². The van der Waals surface area contributed by atoms with Gasteiger partial charge in [-0.05, 0) is 29.8 Å². The van der Waals surface area contributed by atoms with Gasteiger partial charge in [0.15, 0.2) is 0 Å². The molecule has 9 heteroatoms. The van der Waals surface area contributed by atoms with Gasteiger partial charge in [0.05, 0.1) is 12.0 Å². The van der Waals surface area contributed by atoms with E-state index in [0.717, 1.165) is 27.4 Å². The largest absolute Gasteiger partial charge is 0.411 e. The second kappa shape index (κ2) is 8.54. The summed E-state index contributed by atoms with van der Waals surface area (Å²) in [6.07, 6.45) is 4.86. The summed E-state index contributed by atoms with van der Waals surface area (Å²) < 4.78 is 6.48. The molecule has 0 aliphatic rings. The number of rotatable bonds is 6. The first-order valence-corrected chi connectivity index (χ1v) is 8.93. The number of benzene rings is 1. The number of carbonyl (C=O) groups excluding carboxylic acids is 1. The van der Waals surface area contributed by atoms with E-state index in [9.17, 15) is 4.79 Å². The van der Waals surface area contributed by atoms with Gasteiger partial charge in [-0.15, -0.1) is 10.2 Å². The Labute approximate surface area is 156 Å². The fourth-order valence-corrected chi connectivity index (χ4v) is 2.59. The number of nitrogens with zero attached hydrogens (tertiary/aromatic N) is 4. The molecule has 1 aromatic carbocycles. The van der Waals surface area contributed by atoms with Gasteiger partial charge in [-0.25, -0.2) is 5.43 Å². The van der Waals surface area contributed by atoms with Gasteiger partial charge in [0.1, 0.15) is 0 Å². The Bertz CT molecular complexity index is 868. The van der Waals surface area contributed by atoms with E-state index in [0.29, 0.717) is 11.1 Å². The highest BCUT2D eigenvalue weighted by Gasteiger charge is 2.10. The Kier molecular flexibility index (Phi) is 5.91. The van der Waals surface area contributed by atoms with Crippen LogP contribution in [0.5, 0.6) is 0 Å². The van der Waals surface area contributed by atoms with E-state index >= 15 is 0 Å². The third-order valence-corrected chi connectivity index (χ3v) is 4.28. The van der Waals surface area contributed by atoms with Crippen molar-refractivity contribution in [2.75, 3.05) is 5.75 Å². The van der Waals surface area contributed by atoms with E-state index in [-0.39, 0.29) is 11.7 Å². The van der Waals surface area contributed by atoms with Crippen LogP contribution in [-0.2, 0) is 4.79 Å². The van der Waals surface area contributed by atoms with Crippen molar-refractivity contribution in [3.05, 3.63) is 58.8 Å². The topological polar surface area (TPSA) is 93.3 Å². The smallest absolute Gasteiger partial charge is 0.277 e. The van der Waals surface area contributed by atoms with Crippen LogP contribution in [0.25, 0.3) is 11.5 Å². The lowest BCUT2D eigenvalue weighted by atomic mass is 10.2. The molecule has 0 saturated heterocycles. The highest BCUT2D eigenvalue weighted by Crippen LogP contribution is 2.22. The quantitative estimate of drug-likeness (QED) is 0.376. The Hall–Kier alpha value is -2.52. The number of thioether (sulfide) groups is 1. The highest BCUT2D eigenvalue weighted by molar-refractivity contribution is 9.10. The molecule has 0 fully saturated rings. The first-order chi connectivity index (χ1) is 12.2. The zero-order valence-corrected chi connectivity index (χ0v) is 15.2. The van der Waals surface area contributed by atoms with Crippen LogP contribution < -0.4 is 5.43 Å². The van der Waals surface area contributed by atoms with Crippen molar-refractivity contribution in [3.63, 3.8) is 0 Å². The number of amides is 1. The fraction of sp³-hybridized carbons (Fsp3) is 0.0625. The van der Waals surface area contributed by atoms with Gasteiger partial charge in [-0.3, -0.25) is 9.78 Å². The number of hydrogen-bond acceptors (Lipinski definition) is 7. The van der Waals surface area contributed by atoms with Gasteiger partial charge in [0.25, 0.3) is 11.1 Å². The molecule has 3 rings (SSSR count).